The van der Waals surface area contributed by atoms with Gasteiger partial charge in [0, 0.05) is 5.56 Å². The minimum atomic E-state index is -4.74. The number of nitrogens with one attached hydrogen (secondary N) is 1. The molecule has 4 aromatic rings. The van der Waals surface area contributed by atoms with Crippen molar-refractivity contribution in [2.24, 2.45) is 5.28 Å². The average Bonchev–Trinajstić information content (AvgIpc) is 3.62. The molecule has 1 aromatic heterocycles. The van der Waals surface area contributed by atoms with E-state index in [0.717, 1.165) is 38.4 Å². The number of imide groups is 1. The van der Waals surface area contributed by atoms with Gasteiger partial charge >= 0.3 is 6.18 Å². The summed E-state index contributed by atoms with van der Waals surface area (Å²) in [4.78, 5) is 43.5. The second kappa shape index (κ2) is 13.6. The average molecular weight is 714 g/mol. The van der Waals surface area contributed by atoms with Crippen molar-refractivity contribution in [3.8, 4) is 16.9 Å². The first-order chi connectivity index (χ1) is 23.5. The highest BCUT2D eigenvalue weighted by atomic mass is 32.2. The molecule has 0 aliphatic carbocycles. The van der Waals surface area contributed by atoms with Crippen LogP contribution < -0.4 is 4.72 Å². The number of halogens is 3. The molecule has 3 amide bonds. The Balaban J connectivity index is 1.28. The SMILES string of the molecule is Cc1ccc(-c2cc(C(F)(F)F)nn2-c2ccc(S(=O)(=O)NC(=O)CN(C(C)C)[N+]([O-])=NOC(C)N3C(=O)c4ccccc4C3=O)cc2)cc1. The molecule has 5 rings (SSSR count). The van der Waals surface area contributed by atoms with E-state index >= 15 is 0 Å². The number of benzene rings is 3. The minimum Gasteiger partial charge on any atom is -0.569 e. The first-order valence-corrected chi connectivity index (χ1v) is 16.4. The number of fused-ring (bicyclic) bond motifs is 1. The van der Waals surface area contributed by atoms with Crippen LogP contribution in [0.25, 0.3) is 16.9 Å². The molecule has 0 fully saturated rings. The van der Waals surface area contributed by atoms with E-state index in [2.05, 4.69) is 10.4 Å². The van der Waals surface area contributed by atoms with Crippen LogP contribution in [0.2, 0.25) is 0 Å². The molecule has 1 unspecified atom stereocenters. The molecule has 1 aliphatic rings. The molecule has 3 aromatic carbocycles. The van der Waals surface area contributed by atoms with E-state index in [4.69, 9.17) is 4.84 Å². The number of nitrogens with zero attached hydrogens (tertiary/aromatic N) is 6. The maximum atomic E-state index is 13.6. The second-order valence-electron chi connectivity index (χ2n) is 11.5. The van der Waals surface area contributed by atoms with Crippen molar-refractivity contribution in [3.63, 3.8) is 0 Å². The van der Waals surface area contributed by atoms with Crippen LogP contribution in [0.1, 0.15) is 52.7 Å². The summed E-state index contributed by atoms with van der Waals surface area (Å²) in [5.41, 5.74) is 0.744. The molecule has 1 aliphatic heterocycles. The number of carbonyl (C=O) groups is 3. The van der Waals surface area contributed by atoms with E-state index in [1.54, 1.807) is 36.4 Å². The van der Waals surface area contributed by atoms with Crippen LogP contribution in [0.4, 0.5) is 13.2 Å². The van der Waals surface area contributed by atoms with Gasteiger partial charge in [0.25, 0.3) is 27.7 Å². The first-order valence-electron chi connectivity index (χ1n) is 15.0. The van der Waals surface area contributed by atoms with Gasteiger partial charge in [-0.25, -0.2) is 22.7 Å². The minimum absolute atomic E-state index is 0.106. The molecule has 18 heteroatoms. The predicted molar refractivity (Wildman–Crippen MR) is 169 cm³/mol. The Morgan fingerprint density at radius 2 is 1.58 bits per heavy atom. The Bertz CT molecular complexity index is 2050. The Labute approximate surface area is 283 Å². The van der Waals surface area contributed by atoms with Gasteiger partial charge in [0.05, 0.1) is 38.4 Å². The van der Waals surface area contributed by atoms with Crippen LogP contribution in [0.15, 0.2) is 89.0 Å². The molecule has 0 saturated heterocycles. The monoisotopic (exact) mass is 713 g/mol. The molecule has 0 radical (unpaired) electrons. The van der Waals surface area contributed by atoms with Gasteiger partial charge in [-0.15, -0.1) is 5.01 Å². The van der Waals surface area contributed by atoms with Crippen molar-refractivity contribution in [1.29, 1.82) is 0 Å². The topological polar surface area (TPSA) is 169 Å². The fraction of sp³-hybridized carbons (Fsp3) is 0.250. The van der Waals surface area contributed by atoms with Gasteiger partial charge in [-0.3, -0.25) is 14.4 Å². The summed E-state index contributed by atoms with van der Waals surface area (Å²) in [6.07, 6.45) is -6.04. The molecule has 2 heterocycles. The van der Waals surface area contributed by atoms with Crippen molar-refractivity contribution in [3.05, 3.63) is 106 Å². The summed E-state index contributed by atoms with van der Waals surface area (Å²) >= 11 is 0. The van der Waals surface area contributed by atoms with E-state index in [9.17, 15) is 41.2 Å². The van der Waals surface area contributed by atoms with E-state index in [1.807, 2.05) is 11.6 Å². The third-order valence-corrected chi connectivity index (χ3v) is 8.96. The van der Waals surface area contributed by atoms with Gasteiger partial charge in [-0.2, -0.15) is 18.3 Å². The summed E-state index contributed by atoms with van der Waals surface area (Å²) < 4.78 is 69.7. The number of rotatable bonds is 11. The quantitative estimate of drug-likeness (QED) is 0.0990. The number of aromatic nitrogens is 2. The molecule has 50 heavy (non-hydrogen) atoms. The van der Waals surface area contributed by atoms with Gasteiger partial charge in [0.15, 0.2) is 12.2 Å². The molecular weight excluding hydrogens is 683 g/mol. The summed E-state index contributed by atoms with van der Waals surface area (Å²) in [5, 5.41) is 20.7. The Hall–Kier alpha value is -5.78. The van der Waals surface area contributed by atoms with Crippen LogP contribution in [0.3, 0.4) is 0 Å². The maximum absolute atomic E-state index is 13.6. The van der Waals surface area contributed by atoms with E-state index in [-0.39, 0.29) is 27.5 Å². The van der Waals surface area contributed by atoms with Crippen molar-refractivity contribution in [1.82, 2.24) is 24.4 Å². The molecule has 1 atom stereocenters. The number of alkyl halides is 3. The molecule has 262 valence electrons. The standard InChI is InChI=1S/C32H30F3N7O7S/c1-19(2)39(42(46)38-49-21(4)40-30(44)25-7-5-6-8-26(25)31(40)45)18-29(43)37-50(47,48)24-15-13-23(14-16-24)41-27(17-28(36-41)32(33,34)35)22-11-9-20(3)10-12-22/h5-17,19,21H,18H2,1-4H3,(H,37,43). The fourth-order valence-corrected chi connectivity index (χ4v) is 5.96. The molecule has 14 nitrogen and oxygen atoms in total. The number of amides is 3. The first kappa shape index (κ1) is 35.5. The highest BCUT2D eigenvalue weighted by Crippen LogP contribution is 2.33. The third-order valence-electron chi connectivity index (χ3n) is 7.57. The Morgan fingerprint density at radius 3 is 2.12 bits per heavy atom. The fourth-order valence-electron chi connectivity index (χ4n) is 4.98. The normalized spacial score (nSPS) is 14.2. The zero-order valence-corrected chi connectivity index (χ0v) is 27.8. The number of carbonyl (C=O) groups excluding carboxylic acids is 3. The van der Waals surface area contributed by atoms with Gasteiger partial charge in [-0.05, 0) is 70.2 Å². The predicted octanol–water partition coefficient (Wildman–Crippen LogP) is 4.83. The molecule has 1 N–H and O–H groups in total. The van der Waals surface area contributed by atoms with Gasteiger partial charge < -0.3 is 10.0 Å². The summed E-state index contributed by atoms with van der Waals surface area (Å²) in [6, 6.07) is 17.6. The highest BCUT2D eigenvalue weighted by molar-refractivity contribution is 7.90. The number of hydrazine groups is 1. The third kappa shape index (κ3) is 7.29. The van der Waals surface area contributed by atoms with Crippen LogP contribution in [0, 0.1) is 12.1 Å². The van der Waals surface area contributed by atoms with E-state index < -0.39 is 63.3 Å². The summed E-state index contributed by atoms with van der Waals surface area (Å²) in [6.45, 7) is 5.36. The van der Waals surface area contributed by atoms with Crippen LogP contribution in [-0.4, -0.2) is 69.6 Å². The lowest BCUT2D eigenvalue weighted by Gasteiger charge is -2.22. The lowest BCUT2D eigenvalue weighted by molar-refractivity contribution is -0.716. The van der Waals surface area contributed by atoms with Crippen molar-refractivity contribution >= 4 is 27.7 Å². The lowest BCUT2D eigenvalue weighted by Crippen LogP contribution is -2.46. The highest BCUT2D eigenvalue weighted by Gasteiger charge is 2.40. The second-order valence-corrected chi connectivity index (χ2v) is 13.2. The van der Waals surface area contributed by atoms with Gasteiger partial charge in [-0.1, -0.05) is 42.0 Å². The Morgan fingerprint density at radius 1 is 1.00 bits per heavy atom. The van der Waals surface area contributed by atoms with Crippen molar-refractivity contribution in [2.75, 3.05) is 6.54 Å². The maximum Gasteiger partial charge on any atom is 0.435 e. The molecule has 0 bridgehead atoms. The van der Waals surface area contributed by atoms with Crippen molar-refractivity contribution in [2.45, 2.75) is 51.0 Å². The van der Waals surface area contributed by atoms with Crippen LogP contribution in [-0.2, 0) is 25.8 Å². The molecular formula is C32H30F3N7O7S. The van der Waals surface area contributed by atoms with Gasteiger partial charge in [0.2, 0.25) is 11.5 Å². The van der Waals surface area contributed by atoms with Gasteiger partial charge in [0.1, 0.15) is 0 Å². The smallest absolute Gasteiger partial charge is 0.435 e. The van der Waals surface area contributed by atoms with E-state index in [0.29, 0.717) is 5.56 Å². The zero-order valence-electron chi connectivity index (χ0n) is 27.0. The summed E-state index contributed by atoms with van der Waals surface area (Å²) in [7, 11) is -4.52. The van der Waals surface area contributed by atoms with E-state index in [1.165, 1.54) is 45.0 Å². The van der Waals surface area contributed by atoms with Crippen molar-refractivity contribution < 1.29 is 45.8 Å². The zero-order chi connectivity index (χ0) is 36.5. The Kier molecular flexibility index (Phi) is 9.67. The molecule has 0 saturated carbocycles. The number of sulfonamides is 1. The molecule has 0 spiro atoms. The lowest BCUT2D eigenvalue weighted by atomic mass is 10.1. The summed E-state index contributed by atoms with van der Waals surface area (Å²) in [5.74, 6) is -2.42. The van der Waals surface area contributed by atoms with Crippen LogP contribution >= 0.6 is 0 Å². The van der Waals surface area contributed by atoms with Crippen LogP contribution in [0.5, 0.6) is 0 Å². The number of aryl methyl sites for hydroxylation is 1. The number of hydrogen-bond donors (Lipinski definition) is 1. The largest absolute Gasteiger partial charge is 0.569 e. The number of hydrogen-bond acceptors (Lipinski definition) is 9.